The van der Waals surface area contributed by atoms with Gasteiger partial charge in [-0.2, -0.15) is 0 Å². The second-order valence-electron chi connectivity index (χ2n) is 3.25. The zero-order chi connectivity index (χ0) is 12.3. The number of nitrogens with two attached hydrogens (primary N) is 2. The van der Waals surface area contributed by atoms with Crippen molar-refractivity contribution >= 4 is 35.0 Å². The molecule has 0 spiro atoms. The standard InChI is InChI=1S/C10H10ClN5S/c11-6-1-2-14-7(3-6)5-17-10-15-8(12)4-9(13)16-10/h1-4H,5H2,(H4,12,13,15,16). The maximum absolute atomic E-state index is 5.86. The molecule has 0 atom stereocenters. The maximum Gasteiger partial charge on any atom is 0.191 e. The molecular weight excluding hydrogens is 258 g/mol. The summed E-state index contributed by atoms with van der Waals surface area (Å²) in [6.07, 6.45) is 1.66. The molecule has 0 bridgehead atoms. The van der Waals surface area contributed by atoms with Crippen LogP contribution in [0.4, 0.5) is 11.6 Å². The number of thioether (sulfide) groups is 1. The molecule has 0 aliphatic carbocycles. The Balaban J connectivity index is 2.07. The summed E-state index contributed by atoms with van der Waals surface area (Å²) in [6, 6.07) is 5.04. The van der Waals surface area contributed by atoms with E-state index in [4.69, 9.17) is 23.1 Å². The van der Waals surface area contributed by atoms with Gasteiger partial charge in [-0.1, -0.05) is 23.4 Å². The van der Waals surface area contributed by atoms with Gasteiger partial charge in [-0.25, -0.2) is 9.97 Å². The molecule has 0 saturated heterocycles. The van der Waals surface area contributed by atoms with Gasteiger partial charge in [-0.3, -0.25) is 4.98 Å². The molecule has 2 aromatic rings. The smallest absolute Gasteiger partial charge is 0.191 e. The quantitative estimate of drug-likeness (QED) is 0.653. The van der Waals surface area contributed by atoms with Crippen LogP contribution in [0.5, 0.6) is 0 Å². The highest BCUT2D eigenvalue weighted by Crippen LogP contribution is 2.21. The van der Waals surface area contributed by atoms with E-state index < -0.39 is 0 Å². The van der Waals surface area contributed by atoms with Crippen LogP contribution in [0.3, 0.4) is 0 Å². The monoisotopic (exact) mass is 267 g/mol. The van der Waals surface area contributed by atoms with Crippen molar-refractivity contribution in [2.24, 2.45) is 0 Å². The fraction of sp³-hybridized carbons (Fsp3) is 0.100. The predicted molar refractivity (Wildman–Crippen MR) is 69.7 cm³/mol. The van der Waals surface area contributed by atoms with Gasteiger partial charge in [0.2, 0.25) is 0 Å². The van der Waals surface area contributed by atoms with Crippen LogP contribution in [0.15, 0.2) is 29.6 Å². The van der Waals surface area contributed by atoms with Crippen LogP contribution in [0.25, 0.3) is 0 Å². The molecule has 7 heteroatoms. The molecule has 2 heterocycles. The average molecular weight is 268 g/mol. The van der Waals surface area contributed by atoms with Crippen molar-refractivity contribution in [3.05, 3.63) is 35.1 Å². The molecule has 0 amide bonds. The molecule has 0 saturated carbocycles. The molecule has 2 aromatic heterocycles. The van der Waals surface area contributed by atoms with Crippen LogP contribution in [0, 0.1) is 0 Å². The molecule has 17 heavy (non-hydrogen) atoms. The molecule has 2 rings (SSSR count). The van der Waals surface area contributed by atoms with Gasteiger partial charge in [0.15, 0.2) is 5.16 Å². The Labute approximate surface area is 108 Å². The summed E-state index contributed by atoms with van der Waals surface area (Å²) in [6.45, 7) is 0. The van der Waals surface area contributed by atoms with Gasteiger partial charge in [-0.15, -0.1) is 0 Å². The highest BCUT2D eigenvalue weighted by Gasteiger charge is 2.03. The van der Waals surface area contributed by atoms with Crippen LogP contribution < -0.4 is 11.5 Å². The Morgan fingerprint density at radius 3 is 2.53 bits per heavy atom. The largest absolute Gasteiger partial charge is 0.383 e. The van der Waals surface area contributed by atoms with Crippen molar-refractivity contribution in [1.29, 1.82) is 0 Å². The Morgan fingerprint density at radius 2 is 1.88 bits per heavy atom. The van der Waals surface area contributed by atoms with Crippen LogP contribution in [-0.4, -0.2) is 15.0 Å². The lowest BCUT2D eigenvalue weighted by Crippen LogP contribution is -1.99. The number of hydrogen-bond acceptors (Lipinski definition) is 6. The second kappa shape index (κ2) is 5.20. The number of nitrogen functional groups attached to an aromatic ring is 2. The lowest BCUT2D eigenvalue weighted by molar-refractivity contribution is 0.982. The second-order valence-corrected chi connectivity index (χ2v) is 4.63. The first-order chi connectivity index (χ1) is 8.13. The summed E-state index contributed by atoms with van der Waals surface area (Å²) in [5.74, 6) is 1.34. The molecule has 0 unspecified atom stereocenters. The summed E-state index contributed by atoms with van der Waals surface area (Å²) in [5.41, 5.74) is 12.0. The number of aromatic nitrogens is 3. The number of nitrogens with zero attached hydrogens (tertiary/aromatic N) is 3. The van der Waals surface area contributed by atoms with Gasteiger partial charge in [0.1, 0.15) is 11.6 Å². The third-order valence-electron chi connectivity index (χ3n) is 1.87. The van der Waals surface area contributed by atoms with E-state index >= 15 is 0 Å². The minimum Gasteiger partial charge on any atom is -0.383 e. The molecule has 0 radical (unpaired) electrons. The zero-order valence-corrected chi connectivity index (χ0v) is 10.4. The normalized spacial score (nSPS) is 10.4. The number of anilines is 2. The molecule has 4 N–H and O–H groups in total. The SMILES string of the molecule is Nc1cc(N)nc(SCc2cc(Cl)ccn2)n1. The average Bonchev–Trinajstić information content (AvgIpc) is 2.25. The first-order valence-corrected chi connectivity index (χ1v) is 6.13. The molecule has 0 aliphatic heterocycles. The van der Waals surface area contributed by atoms with Crippen LogP contribution in [-0.2, 0) is 5.75 Å². The fourth-order valence-electron chi connectivity index (χ4n) is 1.19. The zero-order valence-electron chi connectivity index (χ0n) is 8.80. The van der Waals surface area contributed by atoms with Gasteiger partial charge in [-0.05, 0) is 12.1 Å². The molecule has 0 fully saturated rings. The first kappa shape index (κ1) is 11.9. The van der Waals surface area contributed by atoms with Crippen molar-refractivity contribution in [1.82, 2.24) is 15.0 Å². The first-order valence-electron chi connectivity index (χ1n) is 4.77. The summed E-state index contributed by atoms with van der Waals surface area (Å²) in [5, 5.41) is 1.19. The number of rotatable bonds is 3. The molecule has 5 nitrogen and oxygen atoms in total. The van der Waals surface area contributed by atoms with E-state index in [0.717, 1.165) is 5.69 Å². The van der Waals surface area contributed by atoms with Crippen molar-refractivity contribution in [2.45, 2.75) is 10.9 Å². The molecule has 88 valence electrons. The lowest BCUT2D eigenvalue weighted by atomic mass is 10.4. The van der Waals surface area contributed by atoms with Crippen LogP contribution in [0.2, 0.25) is 5.02 Å². The third kappa shape index (κ3) is 3.47. The lowest BCUT2D eigenvalue weighted by Gasteiger charge is -2.02. The number of hydrogen-bond donors (Lipinski definition) is 2. The van der Waals surface area contributed by atoms with Gasteiger partial charge in [0.25, 0.3) is 0 Å². The van der Waals surface area contributed by atoms with Gasteiger partial charge in [0, 0.05) is 23.0 Å². The number of halogens is 1. The summed E-state index contributed by atoms with van der Waals surface area (Å²) in [7, 11) is 0. The Kier molecular flexibility index (Phi) is 3.65. The Morgan fingerprint density at radius 1 is 1.18 bits per heavy atom. The van der Waals surface area contributed by atoms with Crippen molar-refractivity contribution in [3.63, 3.8) is 0 Å². The van der Waals surface area contributed by atoms with E-state index in [1.54, 1.807) is 18.3 Å². The third-order valence-corrected chi connectivity index (χ3v) is 2.99. The van der Waals surface area contributed by atoms with E-state index in [-0.39, 0.29) is 0 Å². The predicted octanol–water partition coefficient (Wildman–Crippen LogP) is 1.98. The van der Waals surface area contributed by atoms with Crippen molar-refractivity contribution in [2.75, 3.05) is 11.5 Å². The molecule has 0 aromatic carbocycles. The van der Waals surface area contributed by atoms with Crippen molar-refractivity contribution < 1.29 is 0 Å². The van der Waals surface area contributed by atoms with E-state index in [0.29, 0.717) is 27.6 Å². The van der Waals surface area contributed by atoms with E-state index in [1.807, 2.05) is 0 Å². The van der Waals surface area contributed by atoms with Crippen LogP contribution >= 0.6 is 23.4 Å². The number of pyridine rings is 1. The highest BCUT2D eigenvalue weighted by atomic mass is 35.5. The fourth-order valence-corrected chi connectivity index (χ4v) is 2.15. The van der Waals surface area contributed by atoms with Crippen LogP contribution in [0.1, 0.15) is 5.69 Å². The summed E-state index contributed by atoms with van der Waals surface area (Å²) >= 11 is 7.26. The minimum absolute atomic E-state index is 0.360. The van der Waals surface area contributed by atoms with Gasteiger partial charge >= 0.3 is 0 Å². The Hall–Kier alpha value is -1.53. The highest BCUT2D eigenvalue weighted by molar-refractivity contribution is 7.98. The molecule has 0 aliphatic rings. The van der Waals surface area contributed by atoms with Gasteiger partial charge < -0.3 is 11.5 Å². The van der Waals surface area contributed by atoms with Gasteiger partial charge in [0.05, 0.1) is 5.69 Å². The summed E-state index contributed by atoms with van der Waals surface area (Å²) < 4.78 is 0. The minimum atomic E-state index is 0.360. The topological polar surface area (TPSA) is 90.7 Å². The van der Waals surface area contributed by atoms with E-state index in [1.165, 1.54) is 17.8 Å². The molecular formula is C10H10ClN5S. The maximum atomic E-state index is 5.86. The Bertz CT molecular complexity index is 514. The summed E-state index contributed by atoms with van der Waals surface area (Å²) in [4.78, 5) is 12.3. The van der Waals surface area contributed by atoms with Crippen molar-refractivity contribution in [3.8, 4) is 0 Å². The van der Waals surface area contributed by atoms with E-state index in [2.05, 4.69) is 15.0 Å². The van der Waals surface area contributed by atoms with E-state index in [9.17, 15) is 0 Å².